The van der Waals surface area contributed by atoms with E-state index in [0.29, 0.717) is 19.1 Å². The molecule has 1 aliphatic carbocycles. The van der Waals surface area contributed by atoms with Crippen LogP contribution in [0.3, 0.4) is 0 Å². The molecular weight excluding hydrogens is 393 g/mol. The molecule has 1 aliphatic heterocycles. The van der Waals surface area contributed by atoms with Crippen LogP contribution in [0.1, 0.15) is 46.5 Å². The van der Waals surface area contributed by atoms with Crippen molar-refractivity contribution in [3.05, 3.63) is 24.0 Å². The van der Waals surface area contributed by atoms with Gasteiger partial charge in [-0.05, 0) is 70.6 Å². The van der Waals surface area contributed by atoms with Gasteiger partial charge in [0.05, 0.1) is 18.0 Å². The zero-order valence-electron chi connectivity index (χ0n) is 17.7. The van der Waals surface area contributed by atoms with Gasteiger partial charge in [-0.3, -0.25) is 0 Å². The van der Waals surface area contributed by atoms with Crippen molar-refractivity contribution in [2.45, 2.75) is 57.2 Å². The molecule has 6 nitrogen and oxygen atoms in total. The fourth-order valence-electron chi connectivity index (χ4n) is 3.82. The van der Waals surface area contributed by atoms with E-state index < -0.39 is 14.8 Å². The molecule has 0 aromatic heterocycles. The van der Waals surface area contributed by atoms with Crippen molar-refractivity contribution in [2.75, 3.05) is 43.1 Å². The summed E-state index contributed by atoms with van der Waals surface area (Å²) in [6, 6.07) is 5.12. The van der Waals surface area contributed by atoms with E-state index >= 15 is 0 Å². The van der Waals surface area contributed by atoms with Crippen LogP contribution in [0, 0.1) is 11.7 Å². The van der Waals surface area contributed by atoms with Crippen molar-refractivity contribution in [2.24, 2.45) is 5.92 Å². The molecule has 1 aromatic carbocycles. The van der Waals surface area contributed by atoms with Crippen molar-refractivity contribution in [1.29, 1.82) is 0 Å². The molecule has 0 radical (unpaired) electrons. The highest BCUT2D eigenvalue weighted by Crippen LogP contribution is 2.28. The van der Waals surface area contributed by atoms with E-state index in [1.807, 2.05) is 6.07 Å². The van der Waals surface area contributed by atoms with Gasteiger partial charge >= 0.3 is 0 Å². The average molecular weight is 428 g/mol. The quantitative estimate of drug-likeness (QED) is 0.729. The van der Waals surface area contributed by atoms with Crippen LogP contribution >= 0.6 is 0 Å². The third kappa shape index (κ3) is 6.06. The van der Waals surface area contributed by atoms with Crippen LogP contribution in [-0.2, 0) is 14.8 Å². The van der Waals surface area contributed by atoms with Gasteiger partial charge in [-0.1, -0.05) is 0 Å². The molecule has 0 unspecified atom stereocenters. The van der Waals surface area contributed by atoms with Gasteiger partial charge in [0.2, 0.25) is 10.0 Å². The Morgan fingerprint density at radius 3 is 2.38 bits per heavy atom. The highest BCUT2D eigenvalue weighted by Gasteiger charge is 2.32. The number of sulfonamides is 1. The maximum absolute atomic E-state index is 14.1. The van der Waals surface area contributed by atoms with Crippen LogP contribution < -0.4 is 14.9 Å². The smallest absolute Gasteiger partial charge is 0.216 e. The minimum atomic E-state index is -3.31. The fourth-order valence-corrected chi connectivity index (χ4v) is 4.85. The fraction of sp³-hybridized carbons (Fsp3) is 0.714. The summed E-state index contributed by atoms with van der Waals surface area (Å²) in [6.45, 7) is 8.81. The van der Waals surface area contributed by atoms with Gasteiger partial charge in [0.25, 0.3) is 0 Å². The molecule has 3 rings (SSSR count). The molecule has 8 heteroatoms. The van der Waals surface area contributed by atoms with Crippen molar-refractivity contribution >= 4 is 21.4 Å². The maximum Gasteiger partial charge on any atom is 0.216 e. The van der Waals surface area contributed by atoms with E-state index in [9.17, 15) is 12.8 Å². The van der Waals surface area contributed by atoms with E-state index in [4.69, 9.17) is 4.74 Å². The van der Waals surface area contributed by atoms with Crippen LogP contribution in [0.25, 0.3) is 0 Å². The molecule has 2 N–H and O–H groups in total. The summed E-state index contributed by atoms with van der Waals surface area (Å²) in [7, 11) is -3.31. The summed E-state index contributed by atoms with van der Waals surface area (Å²) in [5.74, 6) is 0.220. The van der Waals surface area contributed by atoms with Crippen LogP contribution in [0.5, 0.6) is 0 Å². The number of ether oxygens (including phenoxy) is 1. The van der Waals surface area contributed by atoms with Crippen molar-refractivity contribution in [1.82, 2.24) is 4.72 Å². The maximum atomic E-state index is 14.1. The van der Waals surface area contributed by atoms with Crippen LogP contribution in [0.2, 0.25) is 0 Å². The SMILES string of the molecule is CC(C)(C)S(=O)(=O)N[C@H]1CC[C@H](CNc2cc(F)cc(N3CCOCC3)c2)CC1. The summed E-state index contributed by atoms with van der Waals surface area (Å²) in [6.07, 6.45) is 3.58. The number of morpholine rings is 1. The summed E-state index contributed by atoms with van der Waals surface area (Å²) < 4.78 is 46.2. The average Bonchev–Trinajstić information content (AvgIpc) is 2.66. The second kappa shape index (κ2) is 9.18. The Balaban J connectivity index is 1.50. The van der Waals surface area contributed by atoms with Gasteiger partial charge in [0, 0.05) is 37.1 Å². The number of hydrogen-bond acceptors (Lipinski definition) is 5. The van der Waals surface area contributed by atoms with Crippen molar-refractivity contribution < 1.29 is 17.5 Å². The Labute approximate surface area is 174 Å². The number of rotatable bonds is 6. The molecule has 0 amide bonds. The highest BCUT2D eigenvalue weighted by atomic mass is 32.2. The van der Waals surface area contributed by atoms with Crippen LogP contribution in [-0.4, -0.2) is 52.1 Å². The number of benzene rings is 1. The Bertz CT molecular complexity index is 781. The van der Waals surface area contributed by atoms with Crippen molar-refractivity contribution in [3.8, 4) is 0 Å². The van der Waals surface area contributed by atoms with Gasteiger partial charge in [-0.25, -0.2) is 17.5 Å². The normalized spacial score (nSPS) is 23.8. The number of nitrogens with one attached hydrogen (secondary N) is 2. The third-order valence-electron chi connectivity index (χ3n) is 5.83. The first-order valence-electron chi connectivity index (χ1n) is 10.5. The largest absolute Gasteiger partial charge is 0.385 e. The van der Waals surface area contributed by atoms with Gasteiger partial charge in [-0.15, -0.1) is 0 Å². The highest BCUT2D eigenvalue weighted by molar-refractivity contribution is 7.90. The first kappa shape index (κ1) is 22.3. The van der Waals surface area contributed by atoms with Gasteiger partial charge in [0.1, 0.15) is 5.82 Å². The third-order valence-corrected chi connectivity index (χ3v) is 8.08. The van der Waals surface area contributed by atoms with E-state index in [1.54, 1.807) is 26.8 Å². The second-order valence-corrected chi connectivity index (χ2v) is 11.6. The number of halogens is 1. The minimum Gasteiger partial charge on any atom is -0.385 e. The number of anilines is 2. The molecule has 0 atom stereocenters. The first-order valence-corrected chi connectivity index (χ1v) is 12.0. The monoisotopic (exact) mass is 427 g/mol. The minimum absolute atomic E-state index is 0.0116. The molecule has 1 saturated heterocycles. The predicted octanol–water partition coefficient (Wildman–Crippen LogP) is 3.35. The predicted molar refractivity (Wildman–Crippen MR) is 115 cm³/mol. The Morgan fingerprint density at radius 2 is 1.76 bits per heavy atom. The van der Waals surface area contributed by atoms with Gasteiger partial charge in [0.15, 0.2) is 0 Å². The summed E-state index contributed by atoms with van der Waals surface area (Å²) in [5, 5.41) is 3.39. The molecule has 1 aromatic rings. The molecule has 2 fully saturated rings. The van der Waals surface area contributed by atoms with Crippen LogP contribution in [0.15, 0.2) is 18.2 Å². The molecular formula is C21H34FN3O3S. The van der Waals surface area contributed by atoms with Gasteiger partial charge in [-0.2, -0.15) is 0 Å². The van der Waals surface area contributed by atoms with Gasteiger partial charge < -0.3 is 15.0 Å². The lowest BCUT2D eigenvalue weighted by Crippen LogP contribution is -2.46. The second-order valence-electron chi connectivity index (χ2n) is 9.13. The van der Waals surface area contributed by atoms with Crippen LogP contribution in [0.4, 0.5) is 15.8 Å². The lowest BCUT2D eigenvalue weighted by Gasteiger charge is -2.32. The number of nitrogens with zero attached hydrogens (tertiary/aromatic N) is 1. The standard InChI is InChI=1S/C21H34FN3O3S/c1-21(2,3)29(26,27)24-18-6-4-16(5-7-18)15-23-19-12-17(22)13-20(14-19)25-8-10-28-11-9-25/h12-14,16,18,23-24H,4-11,15H2,1-3H3/t16-,18-. The number of hydrogen-bond donors (Lipinski definition) is 2. The topological polar surface area (TPSA) is 70.7 Å². The molecule has 1 heterocycles. The molecule has 2 aliphatic rings. The zero-order valence-corrected chi connectivity index (χ0v) is 18.5. The molecule has 0 spiro atoms. The summed E-state index contributed by atoms with van der Waals surface area (Å²) in [4.78, 5) is 2.14. The van der Waals surface area contributed by atoms with E-state index in [-0.39, 0.29) is 11.9 Å². The molecule has 29 heavy (non-hydrogen) atoms. The van der Waals surface area contributed by atoms with Crippen molar-refractivity contribution in [3.63, 3.8) is 0 Å². The molecule has 1 saturated carbocycles. The molecule has 164 valence electrons. The Kier molecular flexibility index (Phi) is 7.06. The Hall–Kier alpha value is -1.38. The lowest BCUT2D eigenvalue weighted by atomic mass is 9.86. The molecule has 0 bridgehead atoms. The first-order chi connectivity index (χ1) is 13.6. The van der Waals surface area contributed by atoms with E-state index in [1.165, 1.54) is 6.07 Å². The van der Waals surface area contributed by atoms with E-state index in [0.717, 1.165) is 56.7 Å². The summed E-state index contributed by atoms with van der Waals surface area (Å²) in [5.41, 5.74) is 1.68. The Morgan fingerprint density at radius 1 is 1.10 bits per heavy atom. The lowest BCUT2D eigenvalue weighted by molar-refractivity contribution is 0.122. The zero-order chi connectivity index (χ0) is 21.1. The summed E-state index contributed by atoms with van der Waals surface area (Å²) >= 11 is 0. The van der Waals surface area contributed by atoms with E-state index in [2.05, 4.69) is 14.9 Å².